The number of fused-ring (bicyclic) bond motifs is 1. The van der Waals surface area contributed by atoms with Gasteiger partial charge in [0.25, 0.3) is 5.56 Å². The second-order valence-corrected chi connectivity index (χ2v) is 9.88. The minimum absolute atomic E-state index is 0.252. The maximum Gasteiger partial charge on any atom is 0.282 e. The third kappa shape index (κ3) is 6.24. The molecule has 0 radical (unpaired) electrons. The van der Waals surface area contributed by atoms with E-state index in [-0.39, 0.29) is 12.2 Å². The van der Waals surface area contributed by atoms with Gasteiger partial charge >= 0.3 is 0 Å². The van der Waals surface area contributed by atoms with Crippen LogP contribution in [0.25, 0.3) is 10.9 Å². The van der Waals surface area contributed by atoms with Crippen molar-refractivity contribution < 1.29 is 9.47 Å². The van der Waals surface area contributed by atoms with Crippen LogP contribution < -0.4 is 15.0 Å². The molecule has 0 saturated heterocycles. The van der Waals surface area contributed by atoms with E-state index in [1.54, 1.807) is 43.5 Å². The standard InChI is InChI=1S/C28H24BrCl2N3O3/c1-4-6-20-11-19(15-32-34-17(3)33-25-10-8-21(29)14-22(25)28(34)35)13-26(36-5-2)27(20)37-16-18-7-9-23(30)24(31)12-18/h4,7-15H,1,5-6,16H2,2-3H3. The highest BCUT2D eigenvalue weighted by Gasteiger charge is 2.14. The van der Waals surface area contributed by atoms with Crippen LogP contribution in [-0.2, 0) is 13.0 Å². The zero-order chi connectivity index (χ0) is 26.5. The lowest BCUT2D eigenvalue weighted by Crippen LogP contribution is -2.20. The number of hydrogen-bond donors (Lipinski definition) is 0. The molecule has 9 heteroatoms. The molecule has 0 atom stereocenters. The maximum absolute atomic E-state index is 13.1. The Balaban J connectivity index is 1.71. The largest absolute Gasteiger partial charge is 0.490 e. The SMILES string of the molecule is C=CCc1cc(C=Nn2c(C)nc3ccc(Br)cc3c2=O)cc(OCC)c1OCc1ccc(Cl)c(Cl)c1. The Morgan fingerprint density at radius 1 is 1.11 bits per heavy atom. The second kappa shape index (κ2) is 11.9. The first kappa shape index (κ1) is 26.9. The van der Waals surface area contributed by atoms with Gasteiger partial charge in [-0.3, -0.25) is 4.79 Å². The van der Waals surface area contributed by atoms with Gasteiger partial charge in [0.2, 0.25) is 0 Å². The number of aryl methyl sites for hydroxylation is 1. The van der Waals surface area contributed by atoms with Crippen LogP contribution in [-0.4, -0.2) is 22.5 Å². The van der Waals surface area contributed by atoms with E-state index in [4.69, 9.17) is 32.7 Å². The average Bonchev–Trinajstić information content (AvgIpc) is 2.86. The number of aromatic nitrogens is 2. The van der Waals surface area contributed by atoms with E-state index in [1.807, 2.05) is 31.2 Å². The van der Waals surface area contributed by atoms with Gasteiger partial charge in [-0.15, -0.1) is 6.58 Å². The van der Waals surface area contributed by atoms with Crippen molar-refractivity contribution in [2.45, 2.75) is 26.9 Å². The smallest absolute Gasteiger partial charge is 0.282 e. The van der Waals surface area contributed by atoms with E-state index in [2.05, 4.69) is 32.6 Å². The fraction of sp³-hybridized carbons (Fsp3) is 0.179. The molecule has 0 bridgehead atoms. The van der Waals surface area contributed by atoms with Crippen LogP contribution in [0.15, 0.2) is 75.6 Å². The van der Waals surface area contributed by atoms with Gasteiger partial charge in [-0.2, -0.15) is 9.78 Å². The number of halogens is 3. The van der Waals surface area contributed by atoms with Gasteiger partial charge < -0.3 is 9.47 Å². The molecule has 190 valence electrons. The summed E-state index contributed by atoms with van der Waals surface area (Å²) in [7, 11) is 0. The van der Waals surface area contributed by atoms with Crippen LogP contribution >= 0.6 is 39.1 Å². The number of benzene rings is 3. The van der Waals surface area contributed by atoms with Crippen LogP contribution in [0.1, 0.15) is 29.4 Å². The van der Waals surface area contributed by atoms with E-state index >= 15 is 0 Å². The zero-order valence-electron chi connectivity index (χ0n) is 20.3. The summed E-state index contributed by atoms with van der Waals surface area (Å²) in [5, 5.41) is 5.88. The molecule has 0 fully saturated rings. The summed E-state index contributed by atoms with van der Waals surface area (Å²) in [6.07, 6.45) is 3.94. The number of ether oxygens (including phenoxy) is 2. The van der Waals surface area contributed by atoms with Gasteiger partial charge in [0.15, 0.2) is 11.5 Å². The lowest BCUT2D eigenvalue weighted by atomic mass is 10.1. The minimum Gasteiger partial charge on any atom is -0.490 e. The van der Waals surface area contributed by atoms with Crippen LogP contribution in [0, 0.1) is 6.92 Å². The van der Waals surface area contributed by atoms with Crippen molar-refractivity contribution >= 4 is 56.2 Å². The van der Waals surface area contributed by atoms with Gasteiger partial charge in [-0.25, -0.2) is 4.98 Å². The molecule has 0 aliphatic rings. The second-order valence-electron chi connectivity index (χ2n) is 8.15. The molecule has 0 aliphatic carbocycles. The Bertz CT molecular complexity index is 1570. The molecule has 37 heavy (non-hydrogen) atoms. The van der Waals surface area contributed by atoms with E-state index in [1.165, 1.54) is 4.68 Å². The molecular formula is C28H24BrCl2N3O3. The summed E-state index contributed by atoms with van der Waals surface area (Å²) in [4.78, 5) is 17.6. The lowest BCUT2D eigenvalue weighted by molar-refractivity contribution is 0.267. The van der Waals surface area contributed by atoms with Gasteiger partial charge in [0.1, 0.15) is 12.4 Å². The molecule has 3 aromatic carbocycles. The molecule has 4 aromatic rings. The zero-order valence-corrected chi connectivity index (χ0v) is 23.4. The Morgan fingerprint density at radius 2 is 1.92 bits per heavy atom. The molecule has 0 aliphatic heterocycles. The van der Waals surface area contributed by atoms with Crippen molar-refractivity contribution in [2.24, 2.45) is 5.10 Å². The lowest BCUT2D eigenvalue weighted by Gasteiger charge is -2.17. The fourth-order valence-corrected chi connectivity index (χ4v) is 4.48. The van der Waals surface area contributed by atoms with E-state index in [0.29, 0.717) is 51.3 Å². The van der Waals surface area contributed by atoms with Crippen molar-refractivity contribution in [3.63, 3.8) is 0 Å². The summed E-state index contributed by atoms with van der Waals surface area (Å²) in [5.74, 6) is 1.65. The Kier molecular flexibility index (Phi) is 8.69. The third-order valence-corrected chi connectivity index (χ3v) is 6.71. The number of hydrogen-bond acceptors (Lipinski definition) is 5. The molecule has 0 N–H and O–H groups in total. The normalized spacial score (nSPS) is 11.3. The van der Waals surface area contributed by atoms with Crippen molar-refractivity contribution in [1.29, 1.82) is 0 Å². The Morgan fingerprint density at radius 3 is 2.65 bits per heavy atom. The summed E-state index contributed by atoms with van der Waals surface area (Å²) >= 11 is 15.6. The Hall–Kier alpha value is -3.13. The molecule has 4 rings (SSSR count). The van der Waals surface area contributed by atoms with Crippen molar-refractivity contribution in [3.8, 4) is 11.5 Å². The van der Waals surface area contributed by atoms with Crippen LogP contribution in [0.3, 0.4) is 0 Å². The van der Waals surface area contributed by atoms with Gasteiger partial charge in [-0.1, -0.05) is 51.3 Å². The molecule has 1 aromatic heterocycles. The van der Waals surface area contributed by atoms with Crippen LogP contribution in [0.2, 0.25) is 10.0 Å². The van der Waals surface area contributed by atoms with E-state index < -0.39 is 0 Å². The summed E-state index contributed by atoms with van der Waals surface area (Å²) in [6.45, 7) is 8.24. The monoisotopic (exact) mass is 599 g/mol. The molecule has 0 spiro atoms. The third-order valence-electron chi connectivity index (χ3n) is 5.48. The van der Waals surface area contributed by atoms with E-state index in [0.717, 1.165) is 21.2 Å². The van der Waals surface area contributed by atoms with Gasteiger partial charge in [0.05, 0.1) is 33.8 Å². The molecule has 0 saturated carbocycles. The van der Waals surface area contributed by atoms with Crippen LogP contribution in [0.4, 0.5) is 0 Å². The number of rotatable bonds is 9. The van der Waals surface area contributed by atoms with Crippen molar-refractivity contribution in [3.05, 3.63) is 109 Å². The van der Waals surface area contributed by atoms with Crippen molar-refractivity contribution in [2.75, 3.05) is 6.61 Å². The molecule has 0 amide bonds. The first-order chi connectivity index (χ1) is 17.8. The number of nitrogens with zero attached hydrogens (tertiary/aromatic N) is 3. The Labute approximate surface area is 233 Å². The maximum atomic E-state index is 13.1. The van der Waals surface area contributed by atoms with Crippen molar-refractivity contribution in [1.82, 2.24) is 9.66 Å². The molecular weight excluding hydrogens is 577 g/mol. The highest BCUT2D eigenvalue weighted by Crippen LogP contribution is 2.35. The number of allylic oxidation sites excluding steroid dienone is 1. The molecule has 6 nitrogen and oxygen atoms in total. The van der Waals surface area contributed by atoms with Crippen LogP contribution in [0.5, 0.6) is 11.5 Å². The van der Waals surface area contributed by atoms with Gasteiger partial charge in [0, 0.05) is 10.0 Å². The fourth-order valence-electron chi connectivity index (χ4n) is 3.80. The topological polar surface area (TPSA) is 65.7 Å². The highest BCUT2D eigenvalue weighted by atomic mass is 79.9. The highest BCUT2D eigenvalue weighted by molar-refractivity contribution is 9.10. The average molecular weight is 601 g/mol. The predicted molar refractivity (Wildman–Crippen MR) is 154 cm³/mol. The summed E-state index contributed by atoms with van der Waals surface area (Å²) < 4.78 is 14.2. The first-order valence-corrected chi connectivity index (χ1v) is 13.1. The molecule has 1 heterocycles. The molecule has 0 unspecified atom stereocenters. The summed E-state index contributed by atoms with van der Waals surface area (Å²) in [6, 6.07) is 14.5. The summed E-state index contributed by atoms with van der Waals surface area (Å²) in [5.41, 5.74) is 2.85. The quantitative estimate of drug-likeness (QED) is 0.149. The van der Waals surface area contributed by atoms with Gasteiger partial charge in [-0.05, 0) is 73.9 Å². The van der Waals surface area contributed by atoms with E-state index in [9.17, 15) is 4.79 Å². The first-order valence-electron chi connectivity index (χ1n) is 11.5. The predicted octanol–water partition coefficient (Wildman–Crippen LogP) is 7.36. The minimum atomic E-state index is -0.252.